The van der Waals surface area contributed by atoms with Crippen molar-refractivity contribution in [2.24, 2.45) is 0 Å². The third-order valence-electron chi connectivity index (χ3n) is 2.85. The van der Waals surface area contributed by atoms with Crippen molar-refractivity contribution in [3.63, 3.8) is 0 Å². The number of halogens is 17. The molecule has 0 saturated heterocycles. The average molecular weight is 497 g/mol. The molecule has 3 nitrogen and oxygen atoms in total. The maximum absolute atomic E-state index is 13.1. The zero-order valence-corrected chi connectivity index (χ0v) is 12.9. The van der Waals surface area contributed by atoms with Crippen molar-refractivity contribution in [1.29, 1.82) is 0 Å². The third kappa shape index (κ3) is 3.86. The highest BCUT2D eigenvalue weighted by molar-refractivity contribution is 6.20. The first-order valence-corrected chi connectivity index (χ1v) is 6.18. The van der Waals surface area contributed by atoms with E-state index in [-0.39, 0.29) is 0 Å². The molecule has 0 fully saturated rings. The zero-order valence-electron chi connectivity index (χ0n) is 12.2. The van der Waals surface area contributed by atoms with Gasteiger partial charge in [0, 0.05) is 0 Å². The van der Waals surface area contributed by atoms with Gasteiger partial charge in [0.2, 0.25) is 0 Å². The monoisotopic (exact) mass is 496 g/mol. The summed E-state index contributed by atoms with van der Waals surface area (Å²) in [5.74, 6) is -53.7. The Morgan fingerprint density at radius 2 is 0.862 bits per heavy atom. The Bertz CT molecular complexity index is 638. The molecule has 1 N–H and O–H groups in total. The molecule has 0 bridgehead atoms. The molecular weight excluding hydrogens is 496 g/mol. The summed E-state index contributed by atoms with van der Waals surface area (Å²) in [6, 6.07) is 0. The van der Waals surface area contributed by atoms with Crippen LogP contribution in [-0.2, 0) is 9.53 Å². The molecule has 0 rings (SSSR count). The number of alkyl halides is 17. The summed E-state index contributed by atoms with van der Waals surface area (Å²) in [5.41, 5.74) is -6.04. The van der Waals surface area contributed by atoms with Gasteiger partial charge in [-0.25, -0.2) is 9.53 Å². The molecule has 29 heavy (non-hydrogen) atoms. The number of hydrogen-bond acceptors (Lipinski definition) is 2. The second kappa shape index (κ2) is 6.81. The molecule has 0 spiro atoms. The van der Waals surface area contributed by atoms with Crippen LogP contribution in [0.25, 0.3) is 0 Å². The number of carbonyl (C=O) groups is 1. The number of aliphatic carboxylic acids is 1. The molecule has 0 aromatic heterocycles. The predicted molar refractivity (Wildman–Crippen MR) is 54.1 cm³/mol. The van der Waals surface area contributed by atoms with Gasteiger partial charge in [-0.2, -0.15) is 70.2 Å². The Hall–Kier alpha value is -1.40. The highest BCUT2D eigenvalue weighted by Crippen LogP contribution is 2.62. The minimum Gasteiger partial charge on any atom is -0.477 e. The fourth-order valence-electron chi connectivity index (χ4n) is 1.32. The molecule has 0 atom stereocenters. The zero-order chi connectivity index (χ0) is 24.3. The van der Waals surface area contributed by atoms with Crippen LogP contribution in [0, 0.1) is 0 Å². The van der Waals surface area contributed by atoms with Crippen molar-refractivity contribution in [3.8, 4) is 0 Å². The van der Waals surface area contributed by atoms with E-state index in [1.807, 2.05) is 0 Å². The first kappa shape index (κ1) is 27.6. The molecule has 0 aliphatic heterocycles. The molecule has 0 heterocycles. The Morgan fingerprint density at radius 1 is 0.586 bits per heavy atom. The quantitative estimate of drug-likeness (QED) is 0.349. The lowest BCUT2D eigenvalue weighted by Crippen LogP contribution is -2.74. The molecule has 0 radical (unpaired) electrons. The molecule has 0 amide bonds. The van der Waals surface area contributed by atoms with Gasteiger partial charge in [0.1, 0.15) is 0 Å². The molecule has 20 heteroatoms. The van der Waals surface area contributed by atoms with Crippen molar-refractivity contribution < 1.29 is 84.9 Å². The lowest BCUT2D eigenvalue weighted by atomic mass is 9.91. The Kier molecular flexibility index (Phi) is 6.48. The van der Waals surface area contributed by atoms with Crippen LogP contribution in [0.3, 0.4) is 0 Å². The van der Waals surface area contributed by atoms with Gasteiger partial charge in [0.25, 0.3) is 0 Å². The predicted octanol–water partition coefficient (Wildman–Crippen LogP) is 5.28. The average Bonchev–Trinajstić information content (AvgIpc) is 2.43. The standard InChI is InChI=1S/C9HClF16O3/c10-9(25,26)29-8(23,24)7(21,22)6(19,20)5(17,18)4(15,16)3(13,14)2(11,12)1(27)28/h(H,27,28). The van der Waals surface area contributed by atoms with Gasteiger partial charge < -0.3 is 5.11 Å². The fourth-order valence-corrected chi connectivity index (χ4v) is 1.41. The van der Waals surface area contributed by atoms with Gasteiger partial charge >= 0.3 is 53.2 Å². The Morgan fingerprint density at radius 3 is 1.14 bits per heavy atom. The van der Waals surface area contributed by atoms with Gasteiger partial charge in [-0.15, -0.1) is 0 Å². The van der Waals surface area contributed by atoms with E-state index < -0.39 is 53.2 Å². The third-order valence-corrected chi connectivity index (χ3v) is 2.93. The number of rotatable bonds is 9. The van der Waals surface area contributed by atoms with E-state index in [1.165, 1.54) is 4.74 Å². The van der Waals surface area contributed by atoms with Crippen LogP contribution in [0.1, 0.15) is 0 Å². The lowest BCUT2D eigenvalue weighted by molar-refractivity contribution is -0.482. The Labute approximate surface area is 151 Å². The van der Waals surface area contributed by atoms with Gasteiger partial charge in [0.15, 0.2) is 0 Å². The van der Waals surface area contributed by atoms with Crippen LogP contribution < -0.4 is 0 Å². The van der Waals surface area contributed by atoms with E-state index >= 15 is 0 Å². The van der Waals surface area contributed by atoms with E-state index in [0.29, 0.717) is 0 Å². The highest BCUT2D eigenvalue weighted by atomic mass is 35.5. The van der Waals surface area contributed by atoms with Crippen LogP contribution >= 0.6 is 11.6 Å². The van der Waals surface area contributed by atoms with Crippen molar-refractivity contribution in [1.82, 2.24) is 0 Å². The maximum atomic E-state index is 13.1. The number of ether oxygens (including phenoxy) is 1. The fraction of sp³-hybridized carbons (Fsp3) is 0.889. The maximum Gasteiger partial charge on any atom is 0.445 e. The van der Waals surface area contributed by atoms with Crippen molar-refractivity contribution in [2.45, 2.75) is 47.2 Å². The second-order valence-corrected chi connectivity index (χ2v) is 5.26. The normalized spacial score (nSPS) is 16.2. The molecular formula is C9HClF16O3. The van der Waals surface area contributed by atoms with E-state index in [4.69, 9.17) is 5.11 Å². The number of carboxylic acid groups (broad SMARTS) is 1. The van der Waals surface area contributed by atoms with Gasteiger partial charge in [-0.1, -0.05) is 0 Å². The van der Waals surface area contributed by atoms with E-state index in [2.05, 4.69) is 11.6 Å². The summed E-state index contributed by atoms with van der Waals surface area (Å²) in [5, 5.41) is 7.64. The summed E-state index contributed by atoms with van der Waals surface area (Å²) < 4.78 is 207. The summed E-state index contributed by atoms with van der Waals surface area (Å²) >= 11 is 3.51. The molecule has 0 saturated carbocycles. The molecule has 174 valence electrons. The van der Waals surface area contributed by atoms with Crippen molar-refractivity contribution in [3.05, 3.63) is 0 Å². The van der Waals surface area contributed by atoms with Crippen LogP contribution in [0.5, 0.6) is 0 Å². The lowest BCUT2D eigenvalue weighted by Gasteiger charge is -2.41. The van der Waals surface area contributed by atoms with Gasteiger partial charge in [-0.3, -0.25) is 0 Å². The van der Waals surface area contributed by atoms with Crippen molar-refractivity contribution in [2.75, 3.05) is 0 Å². The molecule has 0 aliphatic carbocycles. The Balaban J connectivity index is 6.63. The topological polar surface area (TPSA) is 46.5 Å². The molecule has 0 aromatic carbocycles. The largest absolute Gasteiger partial charge is 0.477 e. The van der Waals surface area contributed by atoms with E-state index in [9.17, 15) is 75.0 Å². The molecule has 0 aliphatic rings. The minimum atomic E-state index is -8.62. The number of carboxylic acids is 1. The van der Waals surface area contributed by atoms with E-state index in [0.717, 1.165) is 0 Å². The van der Waals surface area contributed by atoms with Crippen molar-refractivity contribution >= 4 is 17.6 Å². The summed E-state index contributed by atoms with van der Waals surface area (Å²) in [4.78, 5) is 9.82. The molecule has 0 aromatic rings. The van der Waals surface area contributed by atoms with Gasteiger partial charge in [0.05, 0.1) is 0 Å². The number of hydrogen-bond donors (Lipinski definition) is 1. The second-order valence-electron chi connectivity index (χ2n) is 4.82. The summed E-state index contributed by atoms with van der Waals surface area (Å²) in [6.07, 6.45) is -7.59. The first-order chi connectivity index (χ1) is 12.2. The van der Waals surface area contributed by atoms with E-state index in [1.54, 1.807) is 0 Å². The summed E-state index contributed by atoms with van der Waals surface area (Å²) in [6.45, 7) is 0. The SMILES string of the molecule is O=C(O)C(F)(F)C(F)(F)C(F)(F)C(F)(F)C(F)(F)C(F)(F)C(F)(F)OC(F)(F)Cl. The van der Waals surface area contributed by atoms with Crippen LogP contribution in [-0.4, -0.2) is 58.3 Å². The van der Waals surface area contributed by atoms with Crippen LogP contribution in [0.15, 0.2) is 0 Å². The molecule has 0 unspecified atom stereocenters. The minimum absolute atomic E-state index is 1.54. The smallest absolute Gasteiger partial charge is 0.445 e. The van der Waals surface area contributed by atoms with Crippen LogP contribution in [0.4, 0.5) is 70.2 Å². The summed E-state index contributed by atoms with van der Waals surface area (Å²) in [7, 11) is 0. The highest BCUT2D eigenvalue weighted by Gasteiger charge is 2.94. The first-order valence-electron chi connectivity index (χ1n) is 5.80. The van der Waals surface area contributed by atoms with Gasteiger partial charge in [-0.05, 0) is 11.6 Å². The van der Waals surface area contributed by atoms with Crippen LogP contribution in [0.2, 0.25) is 0 Å².